The van der Waals surface area contributed by atoms with Gasteiger partial charge >= 0.3 is 0 Å². The molecule has 6 nitrogen and oxygen atoms in total. The van der Waals surface area contributed by atoms with Crippen LogP contribution in [0.25, 0.3) is 10.8 Å². The lowest BCUT2D eigenvalue weighted by molar-refractivity contribution is -0.117. The number of carbonyl (C=O) groups excluding carboxylic acids is 2. The van der Waals surface area contributed by atoms with Crippen LogP contribution in [-0.2, 0) is 4.79 Å². The van der Waals surface area contributed by atoms with Gasteiger partial charge < -0.3 is 21.3 Å². The van der Waals surface area contributed by atoms with Crippen LogP contribution in [0.5, 0.6) is 0 Å². The largest absolute Gasteiger partial charge is 0.345 e. The number of anilines is 1. The molecule has 4 N–H and O–H groups in total. The molecular formula is C25H30N4O2. The summed E-state index contributed by atoms with van der Waals surface area (Å²) in [4.78, 5) is 27.2. The molecule has 0 radical (unpaired) electrons. The van der Waals surface area contributed by atoms with Gasteiger partial charge in [0, 0.05) is 17.8 Å². The minimum atomic E-state index is -0.653. The first-order chi connectivity index (χ1) is 14.8. The molecule has 0 fully saturated rings. The number of nitrogens with two attached hydrogens (primary N) is 1. The number of likely N-dealkylation sites (N-methyl/N-ethyl adjacent to an activating group) is 1. The summed E-state index contributed by atoms with van der Waals surface area (Å²) in [7, 11) is 3.72. The number of nitrogens with zero attached hydrogens (tertiary/aromatic N) is 1. The van der Waals surface area contributed by atoms with Crippen LogP contribution in [0.15, 0.2) is 60.7 Å². The third-order valence-corrected chi connectivity index (χ3v) is 5.29. The molecule has 31 heavy (non-hydrogen) atoms. The van der Waals surface area contributed by atoms with Gasteiger partial charge in [-0.25, -0.2) is 0 Å². The van der Waals surface area contributed by atoms with Gasteiger partial charge in [0.25, 0.3) is 5.91 Å². The Labute approximate surface area is 183 Å². The fraction of sp³-hybridized carbons (Fsp3) is 0.280. The van der Waals surface area contributed by atoms with Crippen LogP contribution in [-0.4, -0.2) is 43.4 Å². The lowest BCUT2D eigenvalue weighted by Gasteiger charge is -2.19. The molecule has 0 spiro atoms. The molecule has 0 bridgehead atoms. The van der Waals surface area contributed by atoms with Crippen molar-refractivity contribution in [3.05, 3.63) is 77.4 Å². The molecule has 0 aliphatic carbocycles. The Morgan fingerprint density at radius 1 is 1.03 bits per heavy atom. The first kappa shape index (κ1) is 22.5. The number of benzene rings is 3. The number of amides is 2. The molecule has 0 heterocycles. The first-order valence-corrected chi connectivity index (χ1v) is 10.4. The molecule has 6 heteroatoms. The Kier molecular flexibility index (Phi) is 7.05. The SMILES string of the molecule is Cc1ccc(NC(=O)[C@@H](N)CN(C)C)cc1C(=O)N[C@H](C)c1cccc2ccccc12. The van der Waals surface area contributed by atoms with Crippen LogP contribution >= 0.6 is 0 Å². The zero-order valence-corrected chi connectivity index (χ0v) is 18.5. The van der Waals surface area contributed by atoms with E-state index in [0.29, 0.717) is 17.8 Å². The maximum atomic E-state index is 13.0. The molecule has 0 aromatic heterocycles. The van der Waals surface area contributed by atoms with Gasteiger partial charge in [-0.15, -0.1) is 0 Å². The average Bonchev–Trinajstić information content (AvgIpc) is 2.74. The molecule has 162 valence electrons. The molecule has 3 rings (SSSR count). The standard InChI is InChI=1S/C25H30N4O2/c1-16-12-13-19(28-25(31)23(26)15-29(3)4)14-22(16)24(30)27-17(2)20-11-7-9-18-8-5-6-10-21(18)20/h5-14,17,23H,15,26H2,1-4H3,(H,27,30)(H,28,31)/t17-,23+/m1/s1. The van der Waals surface area contributed by atoms with E-state index in [1.807, 2.05) is 63.2 Å². The summed E-state index contributed by atoms with van der Waals surface area (Å²) in [6, 6.07) is 18.7. The third kappa shape index (κ3) is 5.48. The quantitative estimate of drug-likeness (QED) is 0.548. The van der Waals surface area contributed by atoms with Gasteiger partial charge in [-0.2, -0.15) is 0 Å². The molecule has 0 aliphatic heterocycles. The Morgan fingerprint density at radius 3 is 2.48 bits per heavy atom. The Bertz CT molecular complexity index is 1090. The summed E-state index contributed by atoms with van der Waals surface area (Å²) in [6.07, 6.45) is 0. The highest BCUT2D eigenvalue weighted by atomic mass is 16.2. The molecule has 3 aromatic rings. The average molecular weight is 419 g/mol. The van der Waals surface area contributed by atoms with E-state index in [1.165, 1.54) is 0 Å². The fourth-order valence-corrected chi connectivity index (χ4v) is 3.64. The second-order valence-corrected chi connectivity index (χ2v) is 8.15. The van der Waals surface area contributed by atoms with Crippen LogP contribution in [0, 0.1) is 6.92 Å². The Hall–Kier alpha value is -3.22. The normalized spacial score (nSPS) is 13.1. The predicted molar refractivity (Wildman–Crippen MR) is 126 cm³/mol. The topological polar surface area (TPSA) is 87.5 Å². The minimum absolute atomic E-state index is 0.176. The number of rotatable bonds is 7. The molecule has 2 amide bonds. The molecular weight excluding hydrogens is 388 g/mol. The van der Waals surface area contributed by atoms with Crippen molar-refractivity contribution in [3.8, 4) is 0 Å². The first-order valence-electron chi connectivity index (χ1n) is 10.4. The number of nitrogens with one attached hydrogen (secondary N) is 2. The highest BCUT2D eigenvalue weighted by Gasteiger charge is 2.18. The Morgan fingerprint density at radius 2 is 1.74 bits per heavy atom. The smallest absolute Gasteiger partial charge is 0.252 e. The number of carbonyl (C=O) groups is 2. The number of hydrogen-bond acceptors (Lipinski definition) is 4. The number of fused-ring (bicyclic) bond motifs is 1. The summed E-state index contributed by atoms with van der Waals surface area (Å²) in [5.41, 5.74) is 8.90. The molecule has 0 saturated heterocycles. The van der Waals surface area contributed by atoms with Crippen molar-refractivity contribution in [2.24, 2.45) is 5.73 Å². The molecule has 3 aromatic carbocycles. The zero-order valence-electron chi connectivity index (χ0n) is 18.5. The second-order valence-electron chi connectivity index (χ2n) is 8.15. The lowest BCUT2D eigenvalue weighted by atomic mass is 9.99. The van der Waals surface area contributed by atoms with Crippen molar-refractivity contribution in [1.82, 2.24) is 10.2 Å². The van der Waals surface area contributed by atoms with E-state index in [-0.39, 0.29) is 17.9 Å². The van der Waals surface area contributed by atoms with Crippen molar-refractivity contribution in [2.75, 3.05) is 26.0 Å². The second kappa shape index (κ2) is 9.73. The third-order valence-electron chi connectivity index (χ3n) is 5.29. The highest BCUT2D eigenvalue weighted by molar-refractivity contribution is 6.00. The van der Waals surface area contributed by atoms with Crippen LogP contribution in [0.3, 0.4) is 0 Å². The molecule has 0 aliphatic rings. The van der Waals surface area contributed by atoms with Crippen molar-refractivity contribution in [2.45, 2.75) is 25.9 Å². The zero-order chi connectivity index (χ0) is 22.5. The van der Waals surface area contributed by atoms with Gasteiger partial charge in [0.2, 0.25) is 5.91 Å². The van der Waals surface area contributed by atoms with Crippen LogP contribution < -0.4 is 16.4 Å². The number of aryl methyl sites for hydroxylation is 1. The van der Waals surface area contributed by atoms with Crippen molar-refractivity contribution in [3.63, 3.8) is 0 Å². The predicted octanol–water partition coefficient (Wildman–Crippen LogP) is 3.47. The highest BCUT2D eigenvalue weighted by Crippen LogP contribution is 2.25. The summed E-state index contributed by atoms with van der Waals surface area (Å²) in [6.45, 7) is 4.29. The summed E-state index contributed by atoms with van der Waals surface area (Å²) in [5.74, 6) is -0.473. The van der Waals surface area contributed by atoms with Crippen LogP contribution in [0.2, 0.25) is 0 Å². The molecule has 0 saturated carbocycles. The van der Waals surface area contributed by atoms with Gasteiger partial charge in [-0.05, 0) is 62.0 Å². The van der Waals surface area contributed by atoms with Crippen molar-refractivity contribution >= 4 is 28.3 Å². The van der Waals surface area contributed by atoms with E-state index >= 15 is 0 Å². The van der Waals surface area contributed by atoms with E-state index in [9.17, 15) is 9.59 Å². The van der Waals surface area contributed by atoms with Gasteiger partial charge in [0.15, 0.2) is 0 Å². The maximum absolute atomic E-state index is 13.0. The Balaban J connectivity index is 1.77. The summed E-state index contributed by atoms with van der Waals surface area (Å²) >= 11 is 0. The van der Waals surface area contributed by atoms with Crippen LogP contribution in [0.4, 0.5) is 5.69 Å². The lowest BCUT2D eigenvalue weighted by Crippen LogP contribution is -2.43. The van der Waals surface area contributed by atoms with E-state index in [0.717, 1.165) is 21.9 Å². The van der Waals surface area contributed by atoms with Crippen LogP contribution in [0.1, 0.15) is 34.5 Å². The van der Waals surface area contributed by atoms with E-state index in [1.54, 1.807) is 12.1 Å². The van der Waals surface area contributed by atoms with Crippen molar-refractivity contribution < 1.29 is 9.59 Å². The van der Waals surface area contributed by atoms with Gasteiger partial charge in [0.1, 0.15) is 0 Å². The van der Waals surface area contributed by atoms with Gasteiger partial charge in [-0.1, -0.05) is 48.5 Å². The molecule has 0 unspecified atom stereocenters. The van der Waals surface area contributed by atoms with Crippen molar-refractivity contribution in [1.29, 1.82) is 0 Å². The summed E-state index contributed by atoms with van der Waals surface area (Å²) < 4.78 is 0. The van der Waals surface area contributed by atoms with E-state index in [4.69, 9.17) is 5.73 Å². The maximum Gasteiger partial charge on any atom is 0.252 e. The fourth-order valence-electron chi connectivity index (χ4n) is 3.64. The van der Waals surface area contributed by atoms with E-state index in [2.05, 4.69) is 28.8 Å². The minimum Gasteiger partial charge on any atom is -0.345 e. The molecule has 2 atom stereocenters. The summed E-state index contributed by atoms with van der Waals surface area (Å²) in [5, 5.41) is 8.15. The van der Waals surface area contributed by atoms with Gasteiger partial charge in [0.05, 0.1) is 12.1 Å². The van der Waals surface area contributed by atoms with Gasteiger partial charge in [-0.3, -0.25) is 9.59 Å². The monoisotopic (exact) mass is 418 g/mol. The van der Waals surface area contributed by atoms with E-state index < -0.39 is 6.04 Å². The number of hydrogen-bond donors (Lipinski definition) is 3.